The van der Waals surface area contributed by atoms with Gasteiger partial charge in [0.2, 0.25) is 0 Å². The first-order valence-electron chi connectivity index (χ1n) is 5.85. The highest BCUT2D eigenvalue weighted by Crippen LogP contribution is 2.10. The Hall–Kier alpha value is -1.88. The van der Waals surface area contributed by atoms with Crippen LogP contribution >= 0.6 is 0 Å². The van der Waals surface area contributed by atoms with Gasteiger partial charge in [0.15, 0.2) is 5.76 Å². The molecule has 0 saturated carbocycles. The van der Waals surface area contributed by atoms with E-state index in [9.17, 15) is 4.79 Å². The van der Waals surface area contributed by atoms with Crippen LogP contribution < -0.4 is 0 Å². The molecular weight excluding hydrogens is 232 g/mol. The molecule has 5 heteroatoms. The predicted octanol–water partition coefficient (Wildman–Crippen LogP) is 0.928. The Bertz CT molecular complexity index is 425. The number of methoxy groups -OCH3 is 1. The molecule has 5 nitrogen and oxygen atoms in total. The average Bonchev–Trinajstić information content (AvgIpc) is 2.46. The summed E-state index contributed by atoms with van der Waals surface area (Å²) in [5.41, 5.74) is 0.705. The summed E-state index contributed by atoms with van der Waals surface area (Å²) >= 11 is 0. The highest BCUT2D eigenvalue weighted by atomic mass is 16.5. The van der Waals surface area contributed by atoms with Crippen LogP contribution in [0.1, 0.15) is 5.69 Å². The van der Waals surface area contributed by atoms with Gasteiger partial charge in [-0.05, 0) is 12.1 Å². The molecule has 0 radical (unpaired) electrons. The Kier molecular flexibility index (Phi) is 4.30. The van der Waals surface area contributed by atoms with E-state index in [4.69, 9.17) is 9.47 Å². The lowest BCUT2D eigenvalue weighted by Crippen LogP contribution is -2.41. The molecule has 0 bridgehead atoms. The van der Waals surface area contributed by atoms with Crippen LogP contribution in [-0.2, 0) is 14.3 Å². The van der Waals surface area contributed by atoms with Crippen molar-refractivity contribution in [3.8, 4) is 0 Å². The summed E-state index contributed by atoms with van der Waals surface area (Å²) in [6.07, 6.45) is 3.33. The Morgan fingerprint density at radius 1 is 1.44 bits per heavy atom. The van der Waals surface area contributed by atoms with Crippen LogP contribution in [0, 0.1) is 0 Å². The summed E-state index contributed by atoms with van der Waals surface area (Å²) in [4.78, 5) is 18.0. The number of pyridine rings is 1. The number of carbonyl (C=O) groups excluding carboxylic acids is 1. The van der Waals surface area contributed by atoms with Gasteiger partial charge in [-0.15, -0.1) is 0 Å². The quantitative estimate of drug-likeness (QED) is 0.590. The molecule has 0 spiro atoms. The molecule has 1 aliphatic heterocycles. The van der Waals surface area contributed by atoms with E-state index in [1.165, 1.54) is 7.11 Å². The molecule has 0 N–H and O–H groups in total. The molecular formula is C13H16N2O3. The fraction of sp³-hybridized carbons (Fsp3) is 0.385. The number of rotatable bonds is 3. The second kappa shape index (κ2) is 6.16. The van der Waals surface area contributed by atoms with E-state index in [2.05, 4.69) is 4.98 Å². The lowest BCUT2D eigenvalue weighted by molar-refractivity contribution is -0.134. The zero-order valence-corrected chi connectivity index (χ0v) is 10.3. The van der Waals surface area contributed by atoms with Gasteiger partial charge in [0, 0.05) is 25.4 Å². The van der Waals surface area contributed by atoms with E-state index < -0.39 is 0 Å². The molecule has 1 saturated heterocycles. The normalized spacial score (nSPS) is 16.5. The van der Waals surface area contributed by atoms with Gasteiger partial charge in [0.25, 0.3) is 5.91 Å². The fourth-order valence-electron chi connectivity index (χ4n) is 1.73. The first kappa shape index (κ1) is 12.6. The van der Waals surface area contributed by atoms with Crippen LogP contribution in [0.5, 0.6) is 0 Å². The lowest BCUT2D eigenvalue weighted by atomic mass is 10.3. The third-order valence-corrected chi connectivity index (χ3v) is 2.70. The minimum absolute atomic E-state index is 0.119. The first-order chi connectivity index (χ1) is 8.81. The minimum atomic E-state index is -0.119. The summed E-state index contributed by atoms with van der Waals surface area (Å²) in [6.45, 7) is 2.35. The third-order valence-electron chi connectivity index (χ3n) is 2.70. The molecule has 1 aliphatic rings. The summed E-state index contributed by atoms with van der Waals surface area (Å²) < 4.78 is 10.4. The second-order valence-corrected chi connectivity index (χ2v) is 3.87. The van der Waals surface area contributed by atoms with Gasteiger partial charge in [-0.1, -0.05) is 6.07 Å². The number of nitrogens with zero attached hydrogens (tertiary/aromatic N) is 2. The third kappa shape index (κ3) is 3.07. The van der Waals surface area contributed by atoms with Crippen molar-refractivity contribution in [1.82, 2.24) is 9.88 Å². The lowest BCUT2D eigenvalue weighted by Gasteiger charge is -2.27. The van der Waals surface area contributed by atoms with Crippen LogP contribution in [0.15, 0.2) is 30.2 Å². The van der Waals surface area contributed by atoms with Crippen LogP contribution in [0.2, 0.25) is 0 Å². The number of aromatic nitrogens is 1. The van der Waals surface area contributed by atoms with E-state index in [1.54, 1.807) is 17.2 Å². The van der Waals surface area contributed by atoms with E-state index in [-0.39, 0.29) is 5.91 Å². The second-order valence-electron chi connectivity index (χ2n) is 3.87. The Morgan fingerprint density at radius 2 is 2.22 bits per heavy atom. The summed E-state index contributed by atoms with van der Waals surface area (Å²) in [7, 11) is 1.49. The fourth-order valence-corrected chi connectivity index (χ4v) is 1.73. The minimum Gasteiger partial charge on any atom is -0.491 e. The Balaban J connectivity index is 2.12. The van der Waals surface area contributed by atoms with Crippen LogP contribution in [-0.4, -0.2) is 49.2 Å². The van der Waals surface area contributed by atoms with Crippen molar-refractivity contribution in [2.75, 3.05) is 33.4 Å². The van der Waals surface area contributed by atoms with Crippen molar-refractivity contribution in [2.24, 2.45) is 0 Å². The monoisotopic (exact) mass is 248 g/mol. The number of amides is 1. The molecule has 0 atom stereocenters. The van der Waals surface area contributed by atoms with Gasteiger partial charge in [0.1, 0.15) is 0 Å². The molecule has 1 amide bonds. The van der Waals surface area contributed by atoms with E-state index >= 15 is 0 Å². The number of ether oxygens (including phenoxy) is 2. The molecule has 1 aromatic heterocycles. The van der Waals surface area contributed by atoms with Gasteiger partial charge in [-0.2, -0.15) is 0 Å². The smallest absolute Gasteiger partial charge is 0.289 e. The highest BCUT2D eigenvalue weighted by Gasteiger charge is 2.21. The molecule has 0 aliphatic carbocycles. The van der Waals surface area contributed by atoms with E-state index in [0.717, 1.165) is 0 Å². The SMILES string of the molecule is CO/C(=C/c1ccccn1)C(=O)N1CCOCC1. The number of hydrogen-bond acceptors (Lipinski definition) is 4. The van der Waals surface area contributed by atoms with Crippen molar-refractivity contribution in [3.05, 3.63) is 35.8 Å². The summed E-state index contributed by atoms with van der Waals surface area (Å²) in [5, 5.41) is 0. The van der Waals surface area contributed by atoms with Crippen LogP contribution in [0.25, 0.3) is 6.08 Å². The number of carbonyl (C=O) groups is 1. The molecule has 2 heterocycles. The molecule has 1 fully saturated rings. The van der Waals surface area contributed by atoms with E-state index in [1.807, 2.05) is 18.2 Å². The van der Waals surface area contributed by atoms with Gasteiger partial charge < -0.3 is 14.4 Å². The number of hydrogen-bond donors (Lipinski definition) is 0. The Morgan fingerprint density at radius 3 is 2.83 bits per heavy atom. The first-order valence-corrected chi connectivity index (χ1v) is 5.85. The highest BCUT2D eigenvalue weighted by molar-refractivity contribution is 5.95. The van der Waals surface area contributed by atoms with Crippen LogP contribution in [0.3, 0.4) is 0 Å². The van der Waals surface area contributed by atoms with Crippen molar-refractivity contribution < 1.29 is 14.3 Å². The standard InChI is InChI=1S/C13H16N2O3/c1-17-12(10-11-4-2-3-5-14-11)13(16)15-6-8-18-9-7-15/h2-5,10H,6-9H2,1H3/b12-10+. The predicted molar refractivity (Wildman–Crippen MR) is 66.6 cm³/mol. The molecule has 18 heavy (non-hydrogen) atoms. The van der Waals surface area contributed by atoms with Crippen molar-refractivity contribution in [3.63, 3.8) is 0 Å². The zero-order chi connectivity index (χ0) is 12.8. The van der Waals surface area contributed by atoms with Crippen molar-refractivity contribution in [1.29, 1.82) is 0 Å². The molecule has 0 aromatic carbocycles. The Labute approximate surface area is 106 Å². The van der Waals surface area contributed by atoms with Gasteiger partial charge in [0.05, 0.1) is 26.0 Å². The van der Waals surface area contributed by atoms with Crippen molar-refractivity contribution >= 4 is 12.0 Å². The summed E-state index contributed by atoms with van der Waals surface area (Å²) in [5.74, 6) is 0.182. The maximum Gasteiger partial charge on any atom is 0.289 e. The average molecular weight is 248 g/mol. The molecule has 96 valence electrons. The van der Waals surface area contributed by atoms with Gasteiger partial charge in [-0.3, -0.25) is 9.78 Å². The number of morpholine rings is 1. The van der Waals surface area contributed by atoms with Crippen LogP contribution in [0.4, 0.5) is 0 Å². The summed E-state index contributed by atoms with van der Waals surface area (Å²) in [6, 6.07) is 5.52. The largest absolute Gasteiger partial charge is 0.491 e. The maximum absolute atomic E-state index is 12.2. The van der Waals surface area contributed by atoms with E-state index in [0.29, 0.717) is 37.8 Å². The maximum atomic E-state index is 12.2. The van der Waals surface area contributed by atoms with Gasteiger partial charge >= 0.3 is 0 Å². The van der Waals surface area contributed by atoms with Gasteiger partial charge in [-0.25, -0.2) is 0 Å². The van der Waals surface area contributed by atoms with Crippen molar-refractivity contribution in [2.45, 2.75) is 0 Å². The topological polar surface area (TPSA) is 51.7 Å². The molecule has 0 unspecified atom stereocenters. The zero-order valence-electron chi connectivity index (χ0n) is 10.3. The molecule has 1 aromatic rings. The molecule has 2 rings (SSSR count).